The van der Waals surface area contributed by atoms with Crippen LogP contribution in [-0.4, -0.2) is 20.0 Å². The van der Waals surface area contributed by atoms with Gasteiger partial charge in [0.25, 0.3) is 0 Å². The summed E-state index contributed by atoms with van der Waals surface area (Å²) in [6.45, 7) is 0. The first-order valence-corrected chi connectivity index (χ1v) is 5.89. The van der Waals surface area contributed by atoms with Gasteiger partial charge in [-0.1, -0.05) is 6.07 Å². The Morgan fingerprint density at radius 1 is 1.10 bits per heavy atom. The molecule has 0 unspecified atom stereocenters. The Balaban J connectivity index is 2.61. The fourth-order valence-electron chi connectivity index (χ4n) is 1.93. The molecule has 4 nitrogen and oxygen atoms in total. The molecule has 0 amide bonds. The molecule has 104 valence electrons. The monoisotopic (exact) mass is 275 g/mol. The van der Waals surface area contributed by atoms with E-state index in [-0.39, 0.29) is 16.8 Å². The summed E-state index contributed by atoms with van der Waals surface area (Å²) < 4.78 is 23.6. The van der Waals surface area contributed by atoms with Crippen molar-refractivity contribution in [3.8, 4) is 11.5 Å². The summed E-state index contributed by atoms with van der Waals surface area (Å²) in [5.41, 5.74) is 6.23. The van der Waals surface area contributed by atoms with Gasteiger partial charge in [-0.15, -0.1) is 0 Å². The van der Waals surface area contributed by atoms with Crippen LogP contribution in [0.25, 0.3) is 0 Å². The summed E-state index contributed by atoms with van der Waals surface area (Å²) in [7, 11) is 2.89. The van der Waals surface area contributed by atoms with Gasteiger partial charge in [-0.2, -0.15) is 0 Å². The van der Waals surface area contributed by atoms with Crippen LogP contribution in [0.15, 0.2) is 36.4 Å². The largest absolute Gasteiger partial charge is 0.496 e. The lowest BCUT2D eigenvalue weighted by Crippen LogP contribution is -2.09. The van der Waals surface area contributed by atoms with E-state index in [0.717, 1.165) is 6.07 Å². The molecule has 0 saturated carbocycles. The summed E-state index contributed by atoms with van der Waals surface area (Å²) in [4.78, 5) is 12.6. The lowest BCUT2D eigenvalue weighted by atomic mass is 10.00. The second-order valence-electron chi connectivity index (χ2n) is 4.10. The van der Waals surface area contributed by atoms with Crippen LogP contribution in [0.1, 0.15) is 15.9 Å². The number of ketones is 1. The first kappa shape index (κ1) is 13.9. The van der Waals surface area contributed by atoms with Crippen LogP contribution < -0.4 is 15.2 Å². The number of nitrogens with two attached hydrogens (primary N) is 1. The topological polar surface area (TPSA) is 61.5 Å². The molecule has 0 aliphatic rings. The molecule has 5 heteroatoms. The molecule has 0 aliphatic heterocycles. The Morgan fingerprint density at radius 2 is 1.70 bits per heavy atom. The molecule has 2 aromatic rings. The predicted molar refractivity (Wildman–Crippen MR) is 73.8 cm³/mol. The quantitative estimate of drug-likeness (QED) is 0.688. The van der Waals surface area contributed by atoms with E-state index < -0.39 is 11.6 Å². The Morgan fingerprint density at radius 3 is 2.25 bits per heavy atom. The third-order valence-corrected chi connectivity index (χ3v) is 2.91. The maximum Gasteiger partial charge on any atom is 0.202 e. The van der Waals surface area contributed by atoms with Crippen molar-refractivity contribution in [2.24, 2.45) is 0 Å². The number of methoxy groups -OCH3 is 2. The van der Waals surface area contributed by atoms with Crippen molar-refractivity contribution in [1.29, 1.82) is 0 Å². The van der Waals surface area contributed by atoms with Crippen molar-refractivity contribution in [3.05, 3.63) is 53.3 Å². The van der Waals surface area contributed by atoms with Crippen LogP contribution in [0.2, 0.25) is 0 Å². The smallest absolute Gasteiger partial charge is 0.202 e. The summed E-state index contributed by atoms with van der Waals surface area (Å²) in [5.74, 6) is -0.288. The van der Waals surface area contributed by atoms with Crippen molar-refractivity contribution in [2.45, 2.75) is 0 Å². The van der Waals surface area contributed by atoms with Crippen molar-refractivity contribution < 1.29 is 18.7 Å². The Hall–Kier alpha value is -2.56. The van der Waals surface area contributed by atoms with Crippen LogP contribution in [0.4, 0.5) is 10.1 Å². The van der Waals surface area contributed by atoms with Crippen LogP contribution >= 0.6 is 0 Å². The summed E-state index contributed by atoms with van der Waals surface area (Å²) in [5, 5.41) is 0. The van der Waals surface area contributed by atoms with Gasteiger partial charge in [-0.05, 0) is 30.3 Å². The highest BCUT2D eigenvalue weighted by Gasteiger charge is 2.21. The second-order valence-corrected chi connectivity index (χ2v) is 4.10. The molecule has 0 spiro atoms. The van der Waals surface area contributed by atoms with Gasteiger partial charge in [0.15, 0.2) is 0 Å². The lowest BCUT2D eigenvalue weighted by molar-refractivity contribution is 0.103. The molecule has 0 bridgehead atoms. The van der Waals surface area contributed by atoms with Crippen molar-refractivity contribution in [1.82, 2.24) is 0 Å². The van der Waals surface area contributed by atoms with Gasteiger partial charge in [0.05, 0.1) is 14.2 Å². The molecule has 2 rings (SSSR count). The fraction of sp³-hybridized carbons (Fsp3) is 0.133. The van der Waals surface area contributed by atoms with Crippen LogP contribution in [0, 0.1) is 5.82 Å². The lowest BCUT2D eigenvalue weighted by Gasteiger charge is -2.13. The fourth-order valence-corrected chi connectivity index (χ4v) is 1.93. The maximum atomic E-state index is 13.3. The highest BCUT2D eigenvalue weighted by Crippen LogP contribution is 2.32. The number of anilines is 1. The zero-order valence-corrected chi connectivity index (χ0v) is 11.1. The van der Waals surface area contributed by atoms with Crippen LogP contribution in [0.5, 0.6) is 11.5 Å². The number of rotatable bonds is 4. The molecule has 0 radical (unpaired) electrons. The van der Waals surface area contributed by atoms with E-state index in [1.807, 2.05) is 0 Å². The normalized spacial score (nSPS) is 10.2. The Kier molecular flexibility index (Phi) is 3.89. The number of hydrogen-bond acceptors (Lipinski definition) is 4. The summed E-state index contributed by atoms with van der Waals surface area (Å²) >= 11 is 0. The highest BCUT2D eigenvalue weighted by atomic mass is 19.1. The van der Waals surface area contributed by atoms with Crippen LogP contribution in [-0.2, 0) is 0 Å². The van der Waals surface area contributed by atoms with Crippen molar-refractivity contribution in [3.63, 3.8) is 0 Å². The number of ether oxygens (including phenoxy) is 2. The Labute approximate surface area is 115 Å². The minimum absolute atomic E-state index is 0.0767. The highest BCUT2D eigenvalue weighted by molar-refractivity contribution is 6.15. The zero-order valence-electron chi connectivity index (χ0n) is 11.1. The van der Waals surface area contributed by atoms with Gasteiger partial charge in [0.2, 0.25) is 5.78 Å². The Bertz CT molecular complexity index is 633. The van der Waals surface area contributed by atoms with Crippen LogP contribution in [0.3, 0.4) is 0 Å². The minimum atomic E-state index is -0.531. The molecule has 0 aromatic heterocycles. The molecule has 20 heavy (non-hydrogen) atoms. The van der Waals surface area contributed by atoms with Gasteiger partial charge in [0, 0.05) is 11.3 Å². The zero-order chi connectivity index (χ0) is 14.7. The SMILES string of the molecule is COc1cccc(OC)c1C(=O)c1cc(F)ccc1N. The second kappa shape index (κ2) is 5.61. The van der Waals surface area contributed by atoms with Gasteiger partial charge >= 0.3 is 0 Å². The van der Waals surface area contributed by atoms with Gasteiger partial charge in [0.1, 0.15) is 22.9 Å². The van der Waals surface area contributed by atoms with E-state index in [4.69, 9.17) is 15.2 Å². The van der Waals surface area contributed by atoms with Crippen molar-refractivity contribution >= 4 is 11.5 Å². The van der Waals surface area contributed by atoms with E-state index in [9.17, 15) is 9.18 Å². The standard InChI is InChI=1S/C15H14FNO3/c1-19-12-4-3-5-13(20-2)14(12)15(18)10-8-9(16)6-7-11(10)17/h3-8H,17H2,1-2H3. The maximum absolute atomic E-state index is 13.3. The molecule has 0 aliphatic carbocycles. The first-order chi connectivity index (χ1) is 9.58. The van der Waals surface area contributed by atoms with E-state index in [0.29, 0.717) is 11.5 Å². The van der Waals surface area contributed by atoms with Gasteiger partial charge in [-0.25, -0.2) is 4.39 Å². The molecule has 0 atom stereocenters. The van der Waals surface area contributed by atoms with Crippen molar-refractivity contribution in [2.75, 3.05) is 20.0 Å². The third-order valence-electron chi connectivity index (χ3n) is 2.91. The number of carbonyl (C=O) groups excluding carboxylic acids is 1. The molecule has 0 fully saturated rings. The predicted octanol–water partition coefficient (Wildman–Crippen LogP) is 2.66. The minimum Gasteiger partial charge on any atom is -0.496 e. The molecule has 0 saturated heterocycles. The summed E-state index contributed by atoms with van der Waals surface area (Å²) in [6.07, 6.45) is 0. The molecule has 2 N–H and O–H groups in total. The summed E-state index contributed by atoms with van der Waals surface area (Å²) in [6, 6.07) is 8.61. The van der Waals surface area contributed by atoms with E-state index >= 15 is 0 Å². The number of carbonyl (C=O) groups is 1. The third kappa shape index (κ3) is 2.42. The number of halogens is 1. The number of hydrogen-bond donors (Lipinski definition) is 1. The number of benzene rings is 2. The van der Waals surface area contributed by atoms with E-state index in [2.05, 4.69) is 0 Å². The van der Waals surface area contributed by atoms with E-state index in [1.54, 1.807) is 18.2 Å². The molecular formula is C15H14FNO3. The molecular weight excluding hydrogens is 261 g/mol. The first-order valence-electron chi connectivity index (χ1n) is 5.89. The molecule has 2 aromatic carbocycles. The average Bonchev–Trinajstić information content (AvgIpc) is 2.48. The van der Waals surface area contributed by atoms with E-state index in [1.165, 1.54) is 26.4 Å². The van der Waals surface area contributed by atoms with Gasteiger partial charge < -0.3 is 15.2 Å². The average molecular weight is 275 g/mol. The molecule has 0 heterocycles. The number of nitrogen functional groups attached to an aromatic ring is 1. The van der Waals surface area contributed by atoms with Gasteiger partial charge in [-0.3, -0.25) is 4.79 Å².